The van der Waals surface area contributed by atoms with Gasteiger partial charge in [0, 0.05) is 11.6 Å². The van der Waals surface area contributed by atoms with E-state index in [9.17, 15) is 9.59 Å². The number of aryl methyl sites for hydroxylation is 1. The van der Waals surface area contributed by atoms with Crippen LogP contribution >= 0.6 is 11.6 Å². The van der Waals surface area contributed by atoms with Crippen molar-refractivity contribution in [2.75, 3.05) is 13.7 Å². The number of halogens is 1. The molecule has 0 aliphatic heterocycles. The van der Waals surface area contributed by atoms with Gasteiger partial charge in [-0.1, -0.05) is 35.9 Å². The van der Waals surface area contributed by atoms with Crippen LogP contribution in [0.5, 0.6) is 5.75 Å². The molecular formula is C18H18ClNO4. The molecule has 5 nitrogen and oxygen atoms in total. The van der Waals surface area contributed by atoms with Crippen molar-refractivity contribution in [3.63, 3.8) is 0 Å². The molecule has 1 amide bonds. The number of amides is 1. The average molecular weight is 348 g/mol. The summed E-state index contributed by atoms with van der Waals surface area (Å²) in [6, 6.07) is 12.3. The number of hydrogen-bond acceptors (Lipinski definition) is 4. The number of carbonyl (C=O) groups is 2. The van der Waals surface area contributed by atoms with Crippen LogP contribution in [0.15, 0.2) is 42.5 Å². The predicted octanol–water partition coefficient (Wildman–Crippen LogP) is 3.13. The van der Waals surface area contributed by atoms with E-state index in [-0.39, 0.29) is 18.1 Å². The van der Waals surface area contributed by atoms with Gasteiger partial charge >= 0.3 is 5.97 Å². The molecule has 6 heteroatoms. The quantitative estimate of drug-likeness (QED) is 0.815. The lowest BCUT2D eigenvalue weighted by atomic mass is 10.1. The maximum absolute atomic E-state index is 12.1. The summed E-state index contributed by atoms with van der Waals surface area (Å²) in [5, 5.41) is 3.09. The topological polar surface area (TPSA) is 64.6 Å². The van der Waals surface area contributed by atoms with Crippen LogP contribution in [0, 0.1) is 6.92 Å². The maximum atomic E-state index is 12.1. The number of methoxy groups -OCH3 is 1. The van der Waals surface area contributed by atoms with Gasteiger partial charge in [0.05, 0.1) is 7.11 Å². The Hall–Kier alpha value is -2.53. The van der Waals surface area contributed by atoms with E-state index in [4.69, 9.17) is 21.1 Å². The lowest BCUT2D eigenvalue weighted by molar-refractivity contribution is -0.124. The zero-order chi connectivity index (χ0) is 17.5. The van der Waals surface area contributed by atoms with Crippen molar-refractivity contribution in [2.45, 2.75) is 13.5 Å². The standard InChI is InChI=1S/C18H18ClNO4/c1-12-5-3-4-6-13(12)10-20-17(21)11-24-18(22)15-9-14(19)7-8-16(15)23-2/h3-9H,10-11H2,1-2H3,(H,20,21). The maximum Gasteiger partial charge on any atom is 0.342 e. The Morgan fingerprint density at radius 2 is 1.92 bits per heavy atom. The van der Waals surface area contributed by atoms with E-state index in [2.05, 4.69) is 5.32 Å². The Labute approximate surface area is 145 Å². The summed E-state index contributed by atoms with van der Waals surface area (Å²) in [4.78, 5) is 23.9. The highest BCUT2D eigenvalue weighted by atomic mass is 35.5. The molecule has 1 N–H and O–H groups in total. The monoisotopic (exact) mass is 347 g/mol. The summed E-state index contributed by atoms with van der Waals surface area (Å²) in [6.45, 7) is 1.97. The lowest BCUT2D eigenvalue weighted by Gasteiger charge is -2.10. The number of esters is 1. The van der Waals surface area contributed by atoms with Crippen molar-refractivity contribution >= 4 is 23.5 Å². The molecule has 0 heterocycles. The number of benzene rings is 2. The van der Waals surface area contributed by atoms with Gasteiger partial charge in [-0.25, -0.2) is 4.79 Å². The van der Waals surface area contributed by atoms with Crippen molar-refractivity contribution in [2.24, 2.45) is 0 Å². The largest absolute Gasteiger partial charge is 0.496 e. The Morgan fingerprint density at radius 1 is 1.17 bits per heavy atom. The van der Waals surface area contributed by atoms with Crippen LogP contribution in [0.4, 0.5) is 0 Å². The first-order valence-electron chi connectivity index (χ1n) is 7.33. The summed E-state index contributed by atoms with van der Waals surface area (Å²) in [7, 11) is 1.44. The zero-order valence-corrected chi connectivity index (χ0v) is 14.2. The van der Waals surface area contributed by atoms with Gasteiger partial charge in [-0.05, 0) is 36.2 Å². The highest BCUT2D eigenvalue weighted by Gasteiger charge is 2.16. The third-order valence-electron chi connectivity index (χ3n) is 3.45. The number of rotatable bonds is 6. The van der Waals surface area contributed by atoms with E-state index in [1.54, 1.807) is 12.1 Å². The fourth-order valence-electron chi connectivity index (χ4n) is 2.10. The van der Waals surface area contributed by atoms with Crippen LogP contribution in [0.3, 0.4) is 0 Å². The summed E-state index contributed by atoms with van der Waals surface area (Å²) in [5.74, 6) is -0.710. The molecule has 2 rings (SSSR count). The Kier molecular flexibility index (Phi) is 6.21. The normalized spacial score (nSPS) is 10.1. The van der Waals surface area contributed by atoms with Gasteiger partial charge in [0.1, 0.15) is 11.3 Å². The molecular weight excluding hydrogens is 330 g/mol. The SMILES string of the molecule is COc1ccc(Cl)cc1C(=O)OCC(=O)NCc1ccccc1C. The number of ether oxygens (including phenoxy) is 2. The van der Waals surface area contributed by atoms with Crippen LogP contribution in [0.2, 0.25) is 5.02 Å². The third kappa shape index (κ3) is 4.73. The number of carbonyl (C=O) groups excluding carboxylic acids is 2. The summed E-state index contributed by atoms with van der Waals surface area (Å²) in [5.41, 5.74) is 2.27. The molecule has 126 valence electrons. The van der Waals surface area contributed by atoms with Crippen molar-refractivity contribution in [3.8, 4) is 5.75 Å². The highest BCUT2D eigenvalue weighted by Crippen LogP contribution is 2.23. The molecule has 0 saturated carbocycles. The first-order chi connectivity index (χ1) is 11.5. The van der Waals surface area contributed by atoms with Gasteiger partial charge < -0.3 is 14.8 Å². The number of nitrogens with one attached hydrogen (secondary N) is 1. The van der Waals surface area contributed by atoms with Gasteiger partial charge in [-0.3, -0.25) is 4.79 Å². The Morgan fingerprint density at radius 3 is 2.62 bits per heavy atom. The van der Waals surface area contributed by atoms with E-state index in [1.165, 1.54) is 13.2 Å². The summed E-state index contributed by atoms with van der Waals surface area (Å²) in [6.07, 6.45) is 0. The second-order valence-corrected chi connectivity index (χ2v) is 5.56. The molecule has 0 aromatic heterocycles. The molecule has 0 unspecified atom stereocenters. The fraction of sp³-hybridized carbons (Fsp3) is 0.222. The minimum absolute atomic E-state index is 0.178. The molecule has 2 aromatic carbocycles. The van der Waals surface area contributed by atoms with Crippen molar-refractivity contribution < 1.29 is 19.1 Å². The molecule has 0 fully saturated rings. The third-order valence-corrected chi connectivity index (χ3v) is 3.69. The van der Waals surface area contributed by atoms with E-state index in [0.717, 1.165) is 11.1 Å². The first kappa shape index (κ1) is 17.8. The van der Waals surface area contributed by atoms with Gasteiger partial charge in [0.25, 0.3) is 5.91 Å². The minimum Gasteiger partial charge on any atom is -0.496 e. The zero-order valence-electron chi connectivity index (χ0n) is 13.5. The van der Waals surface area contributed by atoms with E-state index in [0.29, 0.717) is 17.3 Å². The molecule has 24 heavy (non-hydrogen) atoms. The van der Waals surface area contributed by atoms with E-state index in [1.807, 2.05) is 31.2 Å². The van der Waals surface area contributed by atoms with Gasteiger partial charge in [0.2, 0.25) is 0 Å². The predicted molar refractivity (Wildman–Crippen MR) is 91.3 cm³/mol. The van der Waals surface area contributed by atoms with Gasteiger partial charge in [-0.2, -0.15) is 0 Å². The second-order valence-electron chi connectivity index (χ2n) is 5.12. The van der Waals surface area contributed by atoms with E-state index < -0.39 is 5.97 Å². The van der Waals surface area contributed by atoms with Crippen LogP contribution in [0.1, 0.15) is 21.5 Å². The minimum atomic E-state index is -0.666. The highest BCUT2D eigenvalue weighted by molar-refractivity contribution is 6.31. The van der Waals surface area contributed by atoms with Crippen LogP contribution in [-0.2, 0) is 16.1 Å². The fourth-order valence-corrected chi connectivity index (χ4v) is 2.27. The van der Waals surface area contributed by atoms with Crippen LogP contribution in [0.25, 0.3) is 0 Å². The van der Waals surface area contributed by atoms with E-state index >= 15 is 0 Å². The lowest BCUT2D eigenvalue weighted by Crippen LogP contribution is -2.28. The van der Waals surface area contributed by atoms with Gasteiger partial charge in [0.15, 0.2) is 6.61 Å². The molecule has 0 saturated heterocycles. The molecule has 0 atom stereocenters. The Bertz CT molecular complexity index is 746. The smallest absolute Gasteiger partial charge is 0.342 e. The number of hydrogen-bond donors (Lipinski definition) is 1. The van der Waals surface area contributed by atoms with Crippen molar-refractivity contribution in [3.05, 3.63) is 64.2 Å². The van der Waals surface area contributed by atoms with Gasteiger partial charge in [-0.15, -0.1) is 0 Å². The molecule has 0 radical (unpaired) electrons. The molecule has 2 aromatic rings. The van der Waals surface area contributed by atoms with Crippen molar-refractivity contribution in [1.29, 1.82) is 0 Å². The molecule has 0 aliphatic carbocycles. The summed E-state index contributed by atoms with van der Waals surface area (Å²) < 4.78 is 10.1. The average Bonchev–Trinajstić information content (AvgIpc) is 2.59. The molecule has 0 bridgehead atoms. The van der Waals surface area contributed by atoms with Crippen LogP contribution < -0.4 is 10.1 Å². The Balaban J connectivity index is 1.89. The second kappa shape index (κ2) is 8.36. The summed E-state index contributed by atoms with van der Waals surface area (Å²) >= 11 is 5.87. The molecule has 0 aliphatic rings. The molecule has 0 spiro atoms. The van der Waals surface area contributed by atoms with Crippen molar-refractivity contribution in [1.82, 2.24) is 5.32 Å². The first-order valence-corrected chi connectivity index (χ1v) is 7.71. The van der Waals surface area contributed by atoms with Crippen LogP contribution in [-0.4, -0.2) is 25.6 Å².